The predicted octanol–water partition coefficient (Wildman–Crippen LogP) is 3.21. The van der Waals surface area contributed by atoms with Crippen LogP contribution in [-0.4, -0.2) is 69.8 Å². The third-order valence-corrected chi connectivity index (χ3v) is 6.88. The Morgan fingerprint density at radius 3 is 2.52 bits per heavy atom. The molecule has 0 N–H and O–H groups in total. The van der Waals surface area contributed by atoms with Crippen molar-refractivity contribution in [3.8, 4) is 0 Å². The Labute approximate surface area is 201 Å². The molecule has 1 fully saturated rings. The fourth-order valence-corrected chi connectivity index (χ4v) is 4.79. The molecule has 2 aromatic carbocycles. The van der Waals surface area contributed by atoms with E-state index in [0.717, 1.165) is 16.0 Å². The molecule has 172 valence electrons. The lowest BCUT2D eigenvalue weighted by Gasteiger charge is -2.40. The van der Waals surface area contributed by atoms with Gasteiger partial charge in [-0.05, 0) is 17.2 Å². The molecule has 2 heterocycles. The van der Waals surface area contributed by atoms with Crippen LogP contribution in [0.15, 0.2) is 59.6 Å². The number of amides is 3. The minimum absolute atomic E-state index is 0.0197. The second kappa shape index (κ2) is 9.84. The van der Waals surface area contributed by atoms with E-state index in [9.17, 15) is 14.4 Å². The van der Waals surface area contributed by atoms with Crippen LogP contribution in [0, 0.1) is 0 Å². The quantitative estimate of drug-likeness (QED) is 0.583. The molecule has 0 saturated carbocycles. The van der Waals surface area contributed by atoms with Crippen molar-refractivity contribution < 1.29 is 19.1 Å². The minimum Gasteiger partial charge on any atom is -0.460 e. The zero-order chi connectivity index (χ0) is 23.5. The maximum Gasteiger partial charge on any atom is 0.328 e. The molecule has 2 aromatic rings. The van der Waals surface area contributed by atoms with E-state index in [2.05, 4.69) is 4.99 Å². The molecule has 2 atom stereocenters. The number of thioether (sulfide) groups is 1. The van der Waals surface area contributed by atoms with Gasteiger partial charge in [0.2, 0.25) is 0 Å². The van der Waals surface area contributed by atoms with E-state index in [1.165, 1.54) is 23.7 Å². The van der Waals surface area contributed by atoms with Gasteiger partial charge >= 0.3 is 12.0 Å². The molecule has 0 spiro atoms. The number of rotatable bonds is 6. The second-order valence-electron chi connectivity index (χ2n) is 7.72. The van der Waals surface area contributed by atoms with Crippen molar-refractivity contribution in [3.05, 3.63) is 70.7 Å². The number of nitrogens with zero attached hydrogens (tertiary/aromatic N) is 4. The van der Waals surface area contributed by atoms with Crippen LogP contribution >= 0.6 is 23.4 Å². The smallest absolute Gasteiger partial charge is 0.328 e. The average molecular weight is 487 g/mol. The summed E-state index contributed by atoms with van der Waals surface area (Å²) in [6.07, 6.45) is -0.675. The van der Waals surface area contributed by atoms with Crippen LogP contribution in [0.1, 0.15) is 11.1 Å². The monoisotopic (exact) mass is 486 g/mol. The van der Waals surface area contributed by atoms with Crippen LogP contribution in [0.4, 0.5) is 4.79 Å². The molecule has 0 bridgehead atoms. The third kappa shape index (κ3) is 4.84. The zero-order valence-corrected chi connectivity index (χ0v) is 19.8. The van der Waals surface area contributed by atoms with E-state index in [0.29, 0.717) is 16.7 Å². The van der Waals surface area contributed by atoms with Crippen molar-refractivity contribution in [2.75, 3.05) is 19.8 Å². The molecule has 3 amide bonds. The van der Waals surface area contributed by atoms with Crippen molar-refractivity contribution in [2.45, 2.75) is 25.4 Å². The second-order valence-corrected chi connectivity index (χ2v) is 9.06. The lowest BCUT2D eigenvalue weighted by Crippen LogP contribution is -2.63. The van der Waals surface area contributed by atoms with Crippen LogP contribution < -0.4 is 0 Å². The van der Waals surface area contributed by atoms with Gasteiger partial charge in [-0.3, -0.25) is 14.5 Å². The first-order valence-corrected chi connectivity index (χ1v) is 11.7. The van der Waals surface area contributed by atoms with Gasteiger partial charge in [0.15, 0.2) is 17.4 Å². The number of imide groups is 1. The van der Waals surface area contributed by atoms with Gasteiger partial charge in [-0.2, -0.15) is 0 Å². The predicted molar refractivity (Wildman–Crippen MR) is 127 cm³/mol. The number of hydrogen-bond donors (Lipinski definition) is 0. The van der Waals surface area contributed by atoms with E-state index < -0.39 is 24.2 Å². The van der Waals surface area contributed by atoms with Gasteiger partial charge in [-0.1, -0.05) is 71.9 Å². The number of carbonyl (C=O) groups is 3. The number of amidine groups is 1. The topological polar surface area (TPSA) is 82.5 Å². The molecule has 4 rings (SSSR count). The molecule has 0 aliphatic carbocycles. The van der Waals surface area contributed by atoms with Crippen LogP contribution in [0.2, 0.25) is 5.02 Å². The highest BCUT2D eigenvalue weighted by atomic mass is 35.5. The molecule has 33 heavy (non-hydrogen) atoms. The molecule has 2 unspecified atom stereocenters. The number of urea groups is 1. The summed E-state index contributed by atoms with van der Waals surface area (Å²) < 4.78 is 5.36. The summed E-state index contributed by atoms with van der Waals surface area (Å²) in [5.41, 5.74) is 1.71. The number of halogens is 1. The highest BCUT2D eigenvalue weighted by Gasteiger charge is 2.51. The number of carbonyl (C=O) groups excluding carboxylic acids is 3. The number of fused-ring (bicyclic) bond motifs is 1. The summed E-state index contributed by atoms with van der Waals surface area (Å²) in [5.74, 6) is -0.723. The summed E-state index contributed by atoms with van der Waals surface area (Å²) in [6.45, 7) is 0.495. The molecular formula is C23H23ClN4O4S. The Kier molecular flexibility index (Phi) is 6.90. The minimum atomic E-state index is -0.697. The number of ether oxygens (including phenoxy) is 1. The fraction of sp³-hybridized carbons (Fsp3) is 0.304. The highest BCUT2D eigenvalue weighted by Crippen LogP contribution is 2.33. The average Bonchev–Trinajstić information content (AvgIpc) is 3.19. The summed E-state index contributed by atoms with van der Waals surface area (Å²) in [6, 6.07) is 15.6. The molecule has 8 nitrogen and oxygen atoms in total. The number of benzene rings is 2. The summed E-state index contributed by atoms with van der Waals surface area (Å²) in [4.78, 5) is 46.8. The Bertz CT molecular complexity index is 1100. The van der Waals surface area contributed by atoms with Crippen LogP contribution in [-0.2, 0) is 27.5 Å². The fourth-order valence-electron chi connectivity index (χ4n) is 3.74. The third-order valence-electron chi connectivity index (χ3n) is 5.54. The van der Waals surface area contributed by atoms with Gasteiger partial charge in [-0.15, -0.1) is 0 Å². The Hall–Kier alpha value is -3.04. The van der Waals surface area contributed by atoms with Crippen molar-refractivity contribution in [1.29, 1.82) is 0 Å². The van der Waals surface area contributed by atoms with Crippen LogP contribution in [0.3, 0.4) is 0 Å². The summed E-state index contributed by atoms with van der Waals surface area (Å²) >= 11 is 7.54. The van der Waals surface area contributed by atoms with E-state index in [1.807, 2.05) is 53.4 Å². The van der Waals surface area contributed by atoms with Gasteiger partial charge in [-0.25, -0.2) is 9.79 Å². The molecule has 2 aliphatic heterocycles. The van der Waals surface area contributed by atoms with Crippen LogP contribution in [0.25, 0.3) is 0 Å². The van der Waals surface area contributed by atoms with E-state index >= 15 is 0 Å². The normalized spacial score (nSPS) is 20.1. The van der Waals surface area contributed by atoms with E-state index in [-0.39, 0.29) is 18.3 Å². The maximum absolute atomic E-state index is 13.0. The largest absolute Gasteiger partial charge is 0.460 e. The number of hydrogen-bond acceptors (Lipinski definition) is 7. The zero-order valence-electron chi connectivity index (χ0n) is 18.2. The molecule has 1 saturated heterocycles. The summed E-state index contributed by atoms with van der Waals surface area (Å²) in [5, 5.41) is 1.05. The Morgan fingerprint density at radius 1 is 1.09 bits per heavy atom. The van der Waals surface area contributed by atoms with Gasteiger partial charge in [0, 0.05) is 25.7 Å². The molecule has 0 aromatic heterocycles. The molecular weight excluding hydrogens is 464 g/mol. The van der Waals surface area contributed by atoms with Gasteiger partial charge in [0.25, 0.3) is 5.91 Å². The summed E-state index contributed by atoms with van der Waals surface area (Å²) in [7, 11) is 3.07. The van der Waals surface area contributed by atoms with Crippen molar-refractivity contribution in [2.24, 2.45) is 4.99 Å². The molecule has 0 radical (unpaired) electrons. The standard InChI is InChI=1S/C23H23ClN4O4S/c1-26-20-19(21(30)27(2)23(26)31)28(12-16-10-6-7-11-17(16)24)22(25-20)33-14-18(29)32-13-15-8-4-3-5-9-15/h3-11,19-20H,12-14H2,1-2H3. The van der Waals surface area contributed by atoms with Crippen molar-refractivity contribution >= 4 is 46.4 Å². The maximum atomic E-state index is 13.0. The first-order chi connectivity index (χ1) is 15.9. The lowest BCUT2D eigenvalue weighted by atomic mass is 10.1. The van der Waals surface area contributed by atoms with E-state index in [1.54, 1.807) is 13.1 Å². The first-order valence-electron chi connectivity index (χ1n) is 10.3. The van der Waals surface area contributed by atoms with Gasteiger partial charge in [0.05, 0.1) is 5.75 Å². The van der Waals surface area contributed by atoms with Gasteiger partial charge < -0.3 is 14.5 Å². The number of esters is 1. The highest BCUT2D eigenvalue weighted by molar-refractivity contribution is 8.14. The van der Waals surface area contributed by atoms with Gasteiger partial charge in [0.1, 0.15) is 6.61 Å². The van der Waals surface area contributed by atoms with Crippen molar-refractivity contribution in [1.82, 2.24) is 14.7 Å². The Balaban J connectivity index is 1.51. The first kappa shape index (κ1) is 23.1. The number of aliphatic imine (C=N–C) groups is 1. The van der Waals surface area contributed by atoms with E-state index in [4.69, 9.17) is 16.3 Å². The molecule has 2 aliphatic rings. The SMILES string of the molecule is CN1C(=O)C2C(N=C(SCC(=O)OCc3ccccc3)N2Cc2ccccc2Cl)N(C)C1=O. The Morgan fingerprint density at radius 2 is 1.79 bits per heavy atom. The molecule has 10 heteroatoms. The lowest BCUT2D eigenvalue weighted by molar-refractivity contribution is -0.141. The number of likely N-dealkylation sites (N-methyl/N-ethyl adjacent to an activating group) is 2. The van der Waals surface area contributed by atoms with Crippen molar-refractivity contribution in [3.63, 3.8) is 0 Å². The van der Waals surface area contributed by atoms with Crippen LogP contribution in [0.5, 0.6) is 0 Å².